The molecular formula is C10H19N3O. The lowest BCUT2D eigenvalue weighted by Crippen LogP contribution is -2.29. The highest BCUT2D eigenvalue weighted by molar-refractivity contribution is 4.99. The van der Waals surface area contributed by atoms with Crippen molar-refractivity contribution in [3.05, 3.63) is 18.0 Å². The first kappa shape index (κ1) is 11.2. The van der Waals surface area contributed by atoms with Crippen LogP contribution in [-0.4, -0.2) is 27.5 Å². The average Bonchev–Trinajstić information content (AvgIpc) is 2.59. The van der Waals surface area contributed by atoms with Crippen molar-refractivity contribution < 1.29 is 5.11 Å². The van der Waals surface area contributed by atoms with Gasteiger partial charge in [0.1, 0.15) is 0 Å². The van der Waals surface area contributed by atoms with Gasteiger partial charge >= 0.3 is 0 Å². The second-order valence-electron chi connectivity index (χ2n) is 3.44. The van der Waals surface area contributed by atoms with Crippen molar-refractivity contribution in [1.29, 1.82) is 0 Å². The van der Waals surface area contributed by atoms with Crippen molar-refractivity contribution in [2.24, 2.45) is 7.05 Å². The Morgan fingerprint density at radius 2 is 2.43 bits per heavy atom. The van der Waals surface area contributed by atoms with E-state index in [0.29, 0.717) is 6.04 Å². The lowest BCUT2D eigenvalue weighted by Gasteiger charge is -2.15. The van der Waals surface area contributed by atoms with E-state index in [1.54, 1.807) is 6.20 Å². The third-order valence-electron chi connectivity index (χ3n) is 2.46. The molecule has 0 spiro atoms. The van der Waals surface area contributed by atoms with Crippen LogP contribution in [0.15, 0.2) is 12.3 Å². The fourth-order valence-electron chi connectivity index (χ4n) is 1.43. The number of aliphatic hydroxyl groups excluding tert-OH is 1. The molecule has 1 aromatic rings. The number of hydrogen-bond donors (Lipinski definition) is 2. The van der Waals surface area contributed by atoms with Gasteiger partial charge in [-0.1, -0.05) is 6.92 Å². The first-order chi connectivity index (χ1) is 6.77. The fourth-order valence-corrected chi connectivity index (χ4v) is 1.43. The molecule has 0 amide bonds. The number of rotatable bonds is 6. The molecule has 1 atom stereocenters. The molecule has 0 aromatic carbocycles. The monoisotopic (exact) mass is 197 g/mol. The molecule has 0 bridgehead atoms. The molecule has 0 aliphatic carbocycles. The van der Waals surface area contributed by atoms with Crippen molar-refractivity contribution in [2.75, 3.05) is 6.61 Å². The van der Waals surface area contributed by atoms with Gasteiger partial charge in [-0.25, -0.2) is 0 Å². The summed E-state index contributed by atoms with van der Waals surface area (Å²) in [7, 11) is 1.93. The van der Waals surface area contributed by atoms with Crippen LogP contribution in [0.4, 0.5) is 0 Å². The summed E-state index contributed by atoms with van der Waals surface area (Å²) < 4.78 is 1.86. The van der Waals surface area contributed by atoms with Gasteiger partial charge in [0.15, 0.2) is 0 Å². The van der Waals surface area contributed by atoms with E-state index in [-0.39, 0.29) is 6.61 Å². The van der Waals surface area contributed by atoms with E-state index in [1.807, 2.05) is 17.8 Å². The third-order valence-corrected chi connectivity index (χ3v) is 2.46. The van der Waals surface area contributed by atoms with Crippen molar-refractivity contribution in [2.45, 2.75) is 32.4 Å². The Kier molecular flexibility index (Phi) is 4.62. The topological polar surface area (TPSA) is 50.1 Å². The molecule has 0 fully saturated rings. The van der Waals surface area contributed by atoms with Crippen LogP contribution in [-0.2, 0) is 13.6 Å². The zero-order chi connectivity index (χ0) is 10.4. The molecule has 0 saturated heterocycles. The van der Waals surface area contributed by atoms with Gasteiger partial charge in [0.05, 0.1) is 5.69 Å². The molecule has 1 aromatic heterocycles. The smallest absolute Gasteiger partial charge is 0.0518 e. The average molecular weight is 197 g/mol. The zero-order valence-electron chi connectivity index (χ0n) is 8.90. The van der Waals surface area contributed by atoms with Gasteiger partial charge in [-0.3, -0.25) is 4.68 Å². The summed E-state index contributed by atoms with van der Waals surface area (Å²) in [5, 5.41) is 16.3. The van der Waals surface area contributed by atoms with E-state index in [1.165, 1.54) is 5.69 Å². The number of aliphatic hydroxyl groups is 1. The highest BCUT2D eigenvalue weighted by Gasteiger charge is 2.05. The van der Waals surface area contributed by atoms with Gasteiger partial charge in [0.2, 0.25) is 0 Å². The van der Waals surface area contributed by atoms with Crippen molar-refractivity contribution in [3.8, 4) is 0 Å². The van der Waals surface area contributed by atoms with Crippen molar-refractivity contribution in [1.82, 2.24) is 15.1 Å². The second-order valence-corrected chi connectivity index (χ2v) is 3.44. The normalized spacial score (nSPS) is 13.1. The number of hydrogen-bond acceptors (Lipinski definition) is 3. The van der Waals surface area contributed by atoms with Gasteiger partial charge in [-0.2, -0.15) is 5.10 Å². The summed E-state index contributed by atoms with van der Waals surface area (Å²) in [5.41, 5.74) is 1.17. The third kappa shape index (κ3) is 3.12. The summed E-state index contributed by atoms with van der Waals surface area (Å²) in [6.45, 7) is 3.18. The summed E-state index contributed by atoms with van der Waals surface area (Å²) >= 11 is 0. The molecular weight excluding hydrogens is 178 g/mol. The Bertz CT molecular complexity index is 260. The van der Waals surface area contributed by atoms with E-state index >= 15 is 0 Å². The van der Waals surface area contributed by atoms with Crippen LogP contribution >= 0.6 is 0 Å². The van der Waals surface area contributed by atoms with Crippen LogP contribution < -0.4 is 5.32 Å². The highest BCUT2D eigenvalue weighted by atomic mass is 16.3. The van der Waals surface area contributed by atoms with Gasteiger partial charge in [0, 0.05) is 32.4 Å². The maximum Gasteiger partial charge on any atom is 0.0518 e. The van der Waals surface area contributed by atoms with Crippen LogP contribution in [0.25, 0.3) is 0 Å². The van der Waals surface area contributed by atoms with E-state index in [9.17, 15) is 0 Å². The number of nitrogens with zero attached hydrogens (tertiary/aromatic N) is 2. The molecule has 1 heterocycles. The lowest BCUT2D eigenvalue weighted by molar-refractivity contribution is 0.261. The van der Waals surface area contributed by atoms with Gasteiger partial charge < -0.3 is 10.4 Å². The van der Waals surface area contributed by atoms with E-state index in [4.69, 9.17) is 5.11 Å². The molecule has 4 heteroatoms. The summed E-state index contributed by atoms with van der Waals surface area (Å²) in [4.78, 5) is 0. The minimum absolute atomic E-state index is 0.247. The standard InChI is InChI=1S/C10H19N3O/c1-3-9(5-7-14)11-8-10-4-6-12-13(10)2/h4,6,9,11,14H,3,5,7-8H2,1-2H3. The van der Waals surface area contributed by atoms with E-state index < -0.39 is 0 Å². The van der Waals surface area contributed by atoms with Crippen LogP contribution in [0.1, 0.15) is 25.5 Å². The number of aromatic nitrogens is 2. The number of nitrogens with one attached hydrogen (secondary N) is 1. The first-order valence-electron chi connectivity index (χ1n) is 5.09. The van der Waals surface area contributed by atoms with Gasteiger partial charge in [-0.15, -0.1) is 0 Å². The SMILES string of the molecule is CCC(CCO)NCc1ccnn1C. The Balaban J connectivity index is 2.35. The molecule has 0 aliphatic rings. The second kappa shape index (κ2) is 5.78. The molecule has 2 N–H and O–H groups in total. The van der Waals surface area contributed by atoms with Gasteiger partial charge in [-0.05, 0) is 18.9 Å². The maximum absolute atomic E-state index is 8.82. The largest absolute Gasteiger partial charge is 0.396 e. The Morgan fingerprint density at radius 1 is 1.64 bits per heavy atom. The van der Waals surface area contributed by atoms with E-state index in [0.717, 1.165) is 19.4 Å². The van der Waals surface area contributed by atoms with E-state index in [2.05, 4.69) is 17.3 Å². The van der Waals surface area contributed by atoms with Crippen molar-refractivity contribution in [3.63, 3.8) is 0 Å². The Hall–Kier alpha value is -0.870. The molecule has 0 saturated carbocycles. The molecule has 1 rings (SSSR count). The summed E-state index contributed by atoms with van der Waals surface area (Å²) in [6, 6.07) is 2.40. The first-order valence-corrected chi connectivity index (χ1v) is 5.09. The molecule has 1 unspecified atom stereocenters. The molecule has 14 heavy (non-hydrogen) atoms. The quantitative estimate of drug-likeness (QED) is 0.704. The lowest BCUT2D eigenvalue weighted by atomic mass is 10.1. The molecule has 0 radical (unpaired) electrons. The van der Waals surface area contributed by atoms with Crippen LogP contribution in [0.3, 0.4) is 0 Å². The fraction of sp³-hybridized carbons (Fsp3) is 0.700. The van der Waals surface area contributed by atoms with Crippen LogP contribution in [0.2, 0.25) is 0 Å². The molecule has 4 nitrogen and oxygen atoms in total. The van der Waals surface area contributed by atoms with Gasteiger partial charge in [0.25, 0.3) is 0 Å². The van der Waals surface area contributed by atoms with Crippen LogP contribution in [0, 0.1) is 0 Å². The molecule has 0 aliphatic heterocycles. The number of aryl methyl sites for hydroxylation is 1. The van der Waals surface area contributed by atoms with Crippen LogP contribution in [0.5, 0.6) is 0 Å². The maximum atomic E-state index is 8.82. The summed E-state index contributed by atoms with van der Waals surface area (Å²) in [6.07, 6.45) is 3.65. The highest BCUT2D eigenvalue weighted by Crippen LogP contribution is 2.00. The predicted molar refractivity (Wildman–Crippen MR) is 55.8 cm³/mol. The summed E-state index contributed by atoms with van der Waals surface area (Å²) in [5.74, 6) is 0. The zero-order valence-corrected chi connectivity index (χ0v) is 8.90. The minimum Gasteiger partial charge on any atom is -0.396 e. The molecule has 80 valence electrons. The Labute approximate surface area is 84.9 Å². The Morgan fingerprint density at radius 3 is 2.93 bits per heavy atom. The van der Waals surface area contributed by atoms with Crippen molar-refractivity contribution >= 4 is 0 Å². The predicted octanol–water partition coefficient (Wildman–Crippen LogP) is 0.671. The minimum atomic E-state index is 0.247.